The molecule has 0 fully saturated rings. The normalized spacial score (nSPS) is 11.6. The maximum Gasteiger partial charge on any atom is 0.417 e. The number of aromatic hydroxyl groups is 1. The van der Waals surface area contributed by atoms with Gasteiger partial charge in [-0.25, -0.2) is 0 Å². The average molecular weight is 349 g/mol. The molecule has 1 nitrogen and oxygen atoms in total. The first-order valence-electron chi connectivity index (χ1n) is 5.20. The van der Waals surface area contributed by atoms with E-state index < -0.39 is 17.5 Å². The van der Waals surface area contributed by atoms with Gasteiger partial charge in [0.15, 0.2) is 0 Å². The number of phenols is 1. The molecule has 0 aliphatic carbocycles. The van der Waals surface area contributed by atoms with E-state index in [0.717, 1.165) is 22.3 Å². The van der Waals surface area contributed by atoms with Crippen molar-refractivity contribution in [3.8, 4) is 5.75 Å². The number of rotatable bonds is 2. The van der Waals surface area contributed by atoms with Crippen LogP contribution in [0.25, 0.3) is 0 Å². The highest BCUT2D eigenvalue weighted by Crippen LogP contribution is 2.41. The van der Waals surface area contributed by atoms with Crippen LogP contribution in [0, 0.1) is 0 Å². The molecule has 0 amide bonds. The van der Waals surface area contributed by atoms with Gasteiger partial charge in [0.05, 0.1) is 5.56 Å². The van der Waals surface area contributed by atoms with Gasteiger partial charge in [-0.15, -0.1) is 0 Å². The Labute approximate surface area is 120 Å². The van der Waals surface area contributed by atoms with Gasteiger partial charge in [-0.05, 0) is 42.5 Å². The summed E-state index contributed by atoms with van der Waals surface area (Å²) in [6.07, 6.45) is -4.49. The van der Waals surface area contributed by atoms with Crippen molar-refractivity contribution in [1.82, 2.24) is 0 Å². The van der Waals surface area contributed by atoms with E-state index in [1.54, 1.807) is 24.3 Å². The van der Waals surface area contributed by atoms with Crippen LogP contribution in [-0.4, -0.2) is 5.11 Å². The predicted molar refractivity (Wildman–Crippen MR) is 71.4 cm³/mol. The molecule has 19 heavy (non-hydrogen) atoms. The van der Waals surface area contributed by atoms with Crippen LogP contribution in [-0.2, 0) is 6.18 Å². The first kappa shape index (κ1) is 14.3. The molecule has 6 heteroatoms. The highest BCUT2D eigenvalue weighted by atomic mass is 79.9. The van der Waals surface area contributed by atoms with Gasteiger partial charge in [0.25, 0.3) is 0 Å². The molecule has 0 bridgehead atoms. The Morgan fingerprint density at radius 2 is 1.63 bits per heavy atom. The third kappa shape index (κ3) is 3.67. The molecule has 100 valence electrons. The summed E-state index contributed by atoms with van der Waals surface area (Å²) in [5, 5.41) is 9.19. The zero-order chi connectivity index (χ0) is 14.0. The maximum absolute atomic E-state index is 12.9. The lowest BCUT2D eigenvalue weighted by Gasteiger charge is -2.12. The van der Waals surface area contributed by atoms with Crippen molar-refractivity contribution in [3.05, 3.63) is 52.5 Å². The predicted octanol–water partition coefficient (Wildman–Crippen LogP) is 5.32. The Morgan fingerprint density at radius 1 is 1.00 bits per heavy atom. The van der Waals surface area contributed by atoms with Crippen molar-refractivity contribution in [1.29, 1.82) is 0 Å². The van der Waals surface area contributed by atoms with Gasteiger partial charge in [-0.1, -0.05) is 27.7 Å². The average Bonchev–Trinajstić information content (AvgIpc) is 2.33. The van der Waals surface area contributed by atoms with E-state index in [0.29, 0.717) is 4.90 Å². The van der Waals surface area contributed by atoms with Gasteiger partial charge in [-0.3, -0.25) is 0 Å². The van der Waals surface area contributed by atoms with Gasteiger partial charge < -0.3 is 5.11 Å². The highest BCUT2D eigenvalue weighted by Gasteiger charge is 2.34. The summed E-state index contributed by atoms with van der Waals surface area (Å²) < 4.78 is 39.4. The quantitative estimate of drug-likeness (QED) is 0.791. The summed E-state index contributed by atoms with van der Waals surface area (Å²) in [6, 6.07) is 10.2. The summed E-state index contributed by atoms with van der Waals surface area (Å²) in [7, 11) is 0. The topological polar surface area (TPSA) is 20.2 Å². The number of halogens is 4. The summed E-state index contributed by atoms with van der Waals surface area (Å²) >= 11 is 4.27. The standard InChI is InChI=1S/C13H8BrF3OS/c14-8-1-4-10(5-2-8)19-12-6-3-9(18)7-11(12)13(15,16)17/h1-7,18H. The van der Waals surface area contributed by atoms with Crippen LogP contribution in [0.3, 0.4) is 0 Å². The number of benzene rings is 2. The zero-order valence-corrected chi connectivity index (χ0v) is 11.8. The Balaban J connectivity index is 2.37. The number of alkyl halides is 3. The molecule has 0 saturated carbocycles. The van der Waals surface area contributed by atoms with Crippen molar-refractivity contribution < 1.29 is 18.3 Å². The van der Waals surface area contributed by atoms with Crippen LogP contribution in [0.1, 0.15) is 5.56 Å². The van der Waals surface area contributed by atoms with Crippen molar-refractivity contribution in [2.45, 2.75) is 16.0 Å². The van der Waals surface area contributed by atoms with Crippen LogP contribution < -0.4 is 0 Å². The first-order chi connectivity index (χ1) is 8.86. The molecular weight excluding hydrogens is 341 g/mol. The van der Waals surface area contributed by atoms with Crippen LogP contribution >= 0.6 is 27.7 Å². The fourth-order valence-corrected chi connectivity index (χ4v) is 2.67. The summed E-state index contributed by atoms with van der Waals surface area (Å²) in [4.78, 5) is 0.756. The lowest BCUT2D eigenvalue weighted by atomic mass is 10.2. The smallest absolute Gasteiger partial charge is 0.417 e. The SMILES string of the molecule is Oc1ccc(Sc2ccc(Br)cc2)c(C(F)(F)F)c1. The monoisotopic (exact) mass is 348 g/mol. The Hall–Kier alpha value is -1.14. The molecule has 0 saturated heterocycles. The molecule has 0 spiro atoms. The van der Waals surface area contributed by atoms with Gasteiger partial charge in [0, 0.05) is 14.3 Å². The van der Waals surface area contributed by atoms with Crippen molar-refractivity contribution in [3.63, 3.8) is 0 Å². The molecule has 0 unspecified atom stereocenters. The van der Waals surface area contributed by atoms with Crippen LogP contribution in [0.5, 0.6) is 5.75 Å². The minimum Gasteiger partial charge on any atom is -0.508 e. The Bertz CT molecular complexity index is 581. The van der Waals surface area contributed by atoms with Crippen LogP contribution in [0.4, 0.5) is 13.2 Å². The minimum absolute atomic E-state index is 0.0626. The number of hydrogen-bond donors (Lipinski definition) is 1. The van der Waals surface area contributed by atoms with E-state index in [1.165, 1.54) is 12.1 Å². The number of hydrogen-bond acceptors (Lipinski definition) is 2. The molecule has 0 heterocycles. The second-order valence-electron chi connectivity index (χ2n) is 3.73. The fourth-order valence-electron chi connectivity index (χ4n) is 1.46. The summed E-state index contributed by atoms with van der Waals surface area (Å²) in [5.41, 5.74) is -0.833. The molecule has 0 radical (unpaired) electrons. The van der Waals surface area contributed by atoms with Gasteiger partial charge >= 0.3 is 6.18 Å². The Morgan fingerprint density at radius 3 is 2.21 bits per heavy atom. The van der Waals surface area contributed by atoms with E-state index in [4.69, 9.17) is 0 Å². The fraction of sp³-hybridized carbons (Fsp3) is 0.0769. The molecule has 2 aromatic carbocycles. The molecular formula is C13H8BrF3OS. The first-order valence-corrected chi connectivity index (χ1v) is 6.81. The second-order valence-corrected chi connectivity index (χ2v) is 5.77. The van der Waals surface area contributed by atoms with Gasteiger partial charge in [0.1, 0.15) is 5.75 Å². The highest BCUT2D eigenvalue weighted by molar-refractivity contribution is 9.10. The van der Waals surface area contributed by atoms with E-state index in [-0.39, 0.29) is 4.90 Å². The van der Waals surface area contributed by atoms with Crippen LogP contribution in [0.15, 0.2) is 56.7 Å². The lowest BCUT2D eigenvalue weighted by molar-refractivity contribution is -0.139. The third-order valence-corrected chi connectivity index (χ3v) is 3.92. The van der Waals surface area contributed by atoms with Gasteiger partial charge in [-0.2, -0.15) is 13.2 Å². The molecule has 0 atom stereocenters. The zero-order valence-electron chi connectivity index (χ0n) is 9.41. The van der Waals surface area contributed by atoms with E-state index in [1.807, 2.05) is 0 Å². The summed E-state index contributed by atoms with van der Waals surface area (Å²) in [5.74, 6) is -0.396. The Kier molecular flexibility index (Phi) is 4.10. The van der Waals surface area contributed by atoms with E-state index >= 15 is 0 Å². The molecule has 0 aliphatic heterocycles. The maximum atomic E-state index is 12.9. The number of phenolic OH excluding ortho intramolecular Hbond substituents is 1. The van der Waals surface area contributed by atoms with Crippen molar-refractivity contribution >= 4 is 27.7 Å². The van der Waals surface area contributed by atoms with Crippen molar-refractivity contribution in [2.24, 2.45) is 0 Å². The van der Waals surface area contributed by atoms with Crippen LogP contribution in [0.2, 0.25) is 0 Å². The minimum atomic E-state index is -4.49. The summed E-state index contributed by atoms with van der Waals surface area (Å²) in [6.45, 7) is 0. The molecule has 2 rings (SSSR count). The largest absolute Gasteiger partial charge is 0.508 e. The van der Waals surface area contributed by atoms with Crippen molar-refractivity contribution in [2.75, 3.05) is 0 Å². The lowest BCUT2D eigenvalue weighted by Crippen LogP contribution is -2.06. The molecule has 1 N–H and O–H groups in total. The molecule has 0 aromatic heterocycles. The van der Waals surface area contributed by atoms with E-state index in [2.05, 4.69) is 15.9 Å². The molecule has 2 aromatic rings. The third-order valence-electron chi connectivity index (χ3n) is 2.31. The molecule has 0 aliphatic rings. The van der Waals surface area contributed by atoms with Gasteiger partial charge in [0.2, 0.25) is 0 Å². The second kappa shape index (κ2) is 5.46. The van der Waals surface area contributed by atoms with E-state index in [9.17, 15) is 18.3 Å².